The molecule has 2 aliphatic rings. The summed E-state index contributed by atoms with van der Waals surface area (Å²) < 4.78 is 22.0. The predicted molar refractivity (Wildman–Crippen MR) is 131 cm³/mol. The maximum Gasteiger partial charge on any atom is 0.308 e. The van der Waals surface area contributed by atoms with Crippen LogP contribution in [0.5, 0.6) is 17.2 Å². The van der Waals surface area contributed by atoms with Crippen molar-refractivity contribution in [3.05, 3.63) is 36.0 Å². The summed E-state index contributed by atoms with van der Waals surface area (Å²) in [6, 6.07) is 3.19. The number of aryl methyl sites for hydroxylation is 1. The average Bonchev–Trinajstić information content (AvgIpc) is 3.64. The van der Waals surface area contributed by atoms with Gasteiger partial charge in [-0.05, 0) is 37.0 Å². The quantitative estimate of drug-likeness (QED) is 0.396. The number of benzene rings is 1. The molecule has 0 saturated carbocycles. The second kappa shape index (κ2) is 12.3. The number of carboxylic acid groups (broad SMARTS) is 1. The summed E-state index contributed by atoms with van der Waals surface area (Å²) in [4.78, 5) is 37.8. The van der Waals surface area contributed by atoms with Crippen molar-refractivity contribution < 1.29 is 38.2 Å². The molecule has 2 aromatic rings. The fraction of sp³-hybridized carbons (Fsp3) is 0.577. The zero-order valence-corrected chi connectivity index (χ0v) is 21.6. The number of methoxy groups -OCH3 is 1. The maximum absolute atomic E-state index is 13.3. The van der Waals surface area contributed by atoms with Gasteiger partial charge in [-0.3, -0.25) is 19.3 Å². The van der Waals surface area contributed by atoms with Crippen molar-refractivity contribution >= 4 is 11.9 Å². The first kappa shape index (κ1) is 26.7. The Bertz CT molecular complexity index is 1060. The van der Waals surface area contributed by atoms with Gasteiger partial charge in [-0.25, -0.2) is 10.0 Å². The highest BCUT2D eigenvalue weighted by Crippen LogP contribution is 2.47. The standard InChI is InChI=1S/C26H35N3O8/c1-4-9-29(37-10-5-2)23(30)15-28-14-18(17-12-20(33-3)25-21(13-17)35-16-36-25)24(26(31)32)19(28)6-7-22-27-8-11-34-22/h8,11-13,18-19,24H,4-7,9-10,14-16H2,1-3H3,(H,31,32)/t18-,19+,24?/m1/s1. The fourth-order valence-corrected chi connectivity index (χ4v) is 5.12. The van der Waals surface area contributed by atoms with Crippen LogP contribution in [0.1, 0.15) is 50.5 Å². The van der Waals surface area contributed by atoms with Crippen molar-refractivity contribution in [2.75, 3.05) is 40.1 Å². The number of carbonyl (C=O) groups is 2. The second-order valence-electron chi connectivity index (χ2n) is 9.22. The van der Waals surface area contributed by atoms with Gasteiger partial charge in [0.05, 0.1) is 32.4 Å². The molecule has 0 aliphatic carbocycles. The van der Waals surface area contributed by atoms with E-state index in [0.29, 0.717) is 55.7 Å². The lowest BCUT2D eigenvalue weighted by atomic mass is 9.83. The number of aliphatic carboxylic acids is 1. The van der Waals surface area contributed by atoms with Gasteiger partial charge in [-0.1, -0.05) is 13.8 Å². The van der Waals surface area contributed by atoms with E-state index < -0.39 is 23.8 Å². The van der Waals surface area contributed by atoms with E-state index in [9.17, 15) is 14.7 Å². The normalized spacial score (nSPS) is 20.8. The number of amides is 1. The van der Waals surface area contributed by atoms with Crippen LogP contribution in [0, 0.1) is 5.92 Å². The van der Waals surface area contributed by atoms with Crippen molar-refractivity contribution in [1.29, 1.82) is 0 Å². The third kappa shape index (κ3) is 5.99. The van der Waals surface area contributed by atoms with Crippen molar-refractivity contribution in [3.8, 4) is 17.2 Å². The first-order chi connectivity index (χ1) is 18.0. The van der Waals surface area contributed by atoms with Crippen molar-refractivity contribution in [3.63, 3.8) is 0 Å². The third-order valence-electron chi connectivity index (χ3n) is 6.77. The van der Waals surface area contributed by atoms with Crippen LogP contribution < -0.4 is 14.2 Å². The van der Waals surface area contributed by atoms with Gasteiger partial charge in [-0.15, -0.1) is 0 Å². The topological polar surface area (TPSA) is 124 Å². The minimum Gasteiger partial charge on any atom is -0.493 e. The number of oxazole rings is 1. The van der Waals surface area contributed by atoms with Gasteiger partial charge in [0.25, 0.3) is 5.91 Å². The van der Waals surface area contributed by atoms with Gasteiger partial charge in [0.1, 0.15) is 6.26 Å². The Morgan fingerprint density at radius 2 is 2.08 bits per heavy atom. The molecule has 4 rings (SSSR count). The molecule has 1 saturated heterocycles. The van der Waals surface area contributed by atoms with E-state index in [-0.39, 0.29) is 19.2 Å². The summed E-state index contributed by atoms with van der Waals surface area (Å²) in [5.41, 5.74) is 0.761. The lowest BCUT2D eigenvalue weighted by Gasteiger charge is -2.28. The highest BCUT2D eigenvalue weighted by molar-refractivity contribution is 5.78. The summed E-state index contributed by atoms with van der Waals surface area (Å²) in [6.07, 6.45) is 5.51. The van der Waals surface area contributed by atoms with Gasteiger partial charge in [0, 0.05) is 31.5 Å². The van der Waals surface area contributed by atoms with Crippen molar-refractivity contribution in [2.24, 2.45) is 5.92 Å². The molecule has 3 atom stereocenters. The van der Waals surface area contributed by atoms with E-state index in [4.69, 9.17) is 23.5 Å². The lowest BCUT2D eigenvalue weighted by Crippen LogP contribution is -2.44. The van der Waals surface area contributed by atoms with Crippen molar-refractivity contribution in [1.82, 2.24) is 14.9 Å². The number of hydrogen-bond donors (Lipinski definition) is 1. The van der Waals surface area contributed by atoms with E-state index in [1.165, 1.54) is 18.4 Å². The zero-order chi connectivity index (χ0) is 26.4. The van der Waals surface area contributed by atoms with Crippen LogP contribution in [0.3, 0.4) is 0 Å². The molecular formula is C26H35N3O8. The summed E-state index contributed by atoms with van der Waals surface area (Å²) in [5.74, 6) is -0.252. The molecule has 0 radical (unpaired) electrons. The number of carbonyl (C=O) groups excluding carboxylic acids is 1. The van der Waals surface area contributed by atoms with Gasteiger partial charge in [0.2, 0.25) is 12.5 Å². The number of hydrogen-bond acceptors (Lipinski definition) is 9. The van der Waals surface area contributed by atoms with Crippen LogP contribution in [0.2, 0.25) is 0 Å². The summed E-state index contributed by atoms with van der Waals surface area (Å²) >= 11 is 0. The number of hydroxylamine groups is 2. The molecule has 1 aromatic carbocycles. The van der Waals surface area contributed by atoms with Gasteiger partial charge >= 0.3 is 5.97 Å². The first-order valence-corrected chi connectivity index (χ1v) is 12.7. The number of rotatable bonds is 13. The second-order valence-corrected chi connectivity index (χ2v) is 9.22. The minimum absolute atomic E-state index is 0.0436. The number of aromatic nitrogens is 1. The third-order valence-corrected chi connectivity index (χ3v) is 6.77. The molecule has 1 N–H and O–H groups in total. The molecule has 1 amide bonds. The Labute approximate surface area is 216 Å². The Morgan fingerprint density at radius 3 is 2.76 bits per heavy atom. The molecule has 1 aromatic heterocycles. The largest absolute Gasteiger partial charge is 0.493 e. The molecule has 1 unspecified atom stereocenters. The van der Waals surface area contributed by atoms with Crippen LogP contribution in [0.4, 0.5) is 0 Å². The highest BCUT2D eigenvalue weighted by atomic mass is 16.7. The maximum atomic E-state index is 13.3. The smallest absolute Gasteiger partial charge is 0.308 e. The predicted octanol–water partition coefficient (Wildman–Crippen LogP) is 3.09. The molecule has 0 bridgehead atoms. The SMILES string of the molecule is CCCON(CCC)C(=O)CN1C[C@H](c2cc(OC)c3c(c2)OCO3)C(C(=O)O)[C@@H]1CCc1ncco1. The zero-order valence-electron chi connectivity index (χ0n) is 21.6. The Kier molecular flexibility index (Phi) is 8.88. The number of nitrogens with zero attached hydrogens (tertiary/aromatic N) is 3. The fourth-order valence-electron chi connectivity index (χ4n) is 5.12. The number of likely N-dealkylation sites (tertiary alicyclic amines) is 1. The van der Waals surface area contributed by atoms with Crippen LogP contribution in [-0.2, 0) is 20.8 Å². The lowest BCUT2D eigenvalue weighted by molar-refractivity contribution is -0.188. The van der Waals surface area contributed by atoms with Crippen LogP contribution in [0.15, 0.2) is 29.0 Å². The average molecular weight is 518 g/mol. The van der Waals surface area contributed by atoms with Crippen LogP contribution >= 0.6 is 0 Å². The van der Waals surface area contributed by atoms with Gasteiger partial charge in [-0.2, -0.15) is 0 Å². The number of carboxylic acids is 1. The molecule has 3 heterocycles. The number of fused-ring (bicyclic) bond motifs is 1. The van der Waals surface area contributed by atoms with E-state index in [2.05, 4.69) is 4.98 Å². The summed E-state index contributed by atoms with van der Waals surface area (Å²) in [7, 11) is 1.53. The summed E-state index contributed by atoms with van der Waals surface area (Å²) in [6.45, 7) is 5.36. The van der Waals surface area contributed by atoms with Gasteiger partial charge < -0.3 is 23.7 Å². The first-order valence-electron chi connectivity index (χ1n) is 12.7. The Hall–Kier alpha value is -3.31. The molecular weight excluding hydrogens is 482 g/mol. The molecule has 11 heteroatoms. The van der Waals surface area contributed by atoms with E-state index in [0.717, 1.165) is 18.4 Å². The Morgan fingerprint density at radius 1 is 1.24 bits per heavy atom. The molecule has 11 nitrogen and oxygen atoms in total. The highest BCUT2D eigenvalue weighted by Gasteiger charge is 2.47. The summed E-state index contributed by atoms with van der Waals surface area (Å²) in [5, 5.41) is 11.8. The molecule has 1 fully saturated rings. The molecule has 37 heavy (non-hydrogen) atoms. The van der Waals surface area contributed by atoms with Crippen LogP contribution in [0.25, 0.3) is 0 Å². The Balaban J connectivity index is 1.63. The molecule has 2 aliphatic heterocycles. The van der Waals surface area contributed by atoms with Crippen molar-refractivity contribution in [2.45, 2.75) is 51.5 Å². The monoisotopic (exact) mass is 517 g/mol. The van der Waals surface area contributed by atoms with Crippen LogP contribution in [-0.4, -0.2) is 78.1 Å². The van der Waals surface area contributed by atoms with E-state index in [1.54, 1.807) is 12.3 Å². The van der Waals surface area contributed by atoms with E-state index >= 15 is 0 Å². The minimum atomic E-state index is -0.929. The van der Waals surface area contributed by atoms with Gasteiger partial charge in [0.15, 0.2) is 17.4 Å². The van der Waals surface area contributed by atoms with E-state index in [1.807, 2.05) is 24.8 Å². The number of ether oxygens (including phenoxy) is 3. The molecule has 0 spiro atoms. The molecule has 202 valence electrons.